The molecule has 0 heterocycles. The number of ether oxygens (including phenoxy) is 2. The van der Waals surface area contributed by atoms with Crippen LogP contribution in [0.4, 0.5) is 0 Å². The van der Waals surface area contributed by atoms with Gasteiger partial charge >= 0.3 is 0 Å². The van der Waals surface area contributed by atoms with Crippen molar-refractivity contribution in [1.82, 2.24) is 0 Å². The van der Waals surface area contributed by atoms with Gasteiger partial charge in [-0.05, 0) is 44.4 Å². The molecule has 106 valence electrons. The van der Waals surface area contributed by atoms with Gasteiger partial charge in [-0.3, -0.25) is 0 Å². The minimum Gasteiger partial charge on any atom is -0.490 e. The zero-order chi connectivity index (χ0) is 13.7. The second kappa shape index (κ2) is 7.04. The summed E-state index contributed by atoms with van der Waals surface area (Å²) in [7, 11) is 0. The predicted molar refractivity (Wildman–Crippen MR) is 79.6 cm³/mol. The Morgan fingerprint density at radius 3 is 2.42 bits per heavy atom. The standard InChI is InChI=1S/C16H23ClO2/c1-3-18-15-10-9-12(11-16(15)19-4-2)13-7-5-6-8-14(13)17/h9-11,13-14H,3-8H2,1-2H3. The quantitative estimate of drug-likeness (QED) is 0.726. The highest BCUT2D eigenvalue weighted by atomic mass is 35.5. The molecule has 0 amide bonds. The molecule has 0 aliphatic heterocycles. The van der Waals surface area contributed by atoms with Gasteiger partial charge in [0.25, 0.3) is 0 Å². The fourth-order valence-electron chi connectivity index (χ4n) is 2.76. The van der Waals surface area contributed by atoms with E-state index in [-0.39, 0.29) is 5.38 Å². The Morgan fingerprint density at radius 1 is 1.05 bits per heavy atom. The summed E-state index contributed by atoms with van der Waals surface area (Å²) in [5, 5.41) is 0.251. The van der Waals surface area contributed by atoms with Gasteiger partial charge in [0.05, 0.1) is 13.2 Å². The molecule has 1 aliphatic carbocycles. The number of hydrogen-bond acceptors (Lipinski definition) is 2. The fourth-order valence-corrected chi connectivity index (χ4v) is 3.19. The minimum atomic E-state index is 0.251. The van der Waals surface area contributed by atoms with E-state index in [1.54, 1.807) is 0 Å². The lowest BCUT2D eigenvalue weighted by Crippen LogP contribution is -2.17. The zero-order valence-corrected chi connectivity index (χ0v) is 12.6. The Kier molecular flexibility index (Phi) is 5.38. The van der Waals surface area contributed by atoms with Crippen molar-refractivity contribution in [2.75, 3.05) is 13.2 Å². The highest BCUT2D eigenvalue weighted by molar-refractivity contribution is 6.21. The molecular formula is C16H23ClO2. The van der Waals surface area contributed by atoms with Gasteiger partial charge in [0.2, 0.25) is 0 Å². The third-order valence-electron chi connectivity index (χ3n) is 3.68. The van der Waals surface area contributed by atoms with Crippen molar-refractivity contribution in [3.63, 3.8) is 0 Å². The molecule has 0 spiro atoms. The first kappa shape index (κ1) is 14.5. The highest BCUT2D eigenvalue weighted by Gasteiger charge is 2.25. The van der Waals surface area contributed by atoms with Gasteiger partial charge in [0, 0.05) is 11.3 Å². The van der Waals surface area contributed by atoms with Gasteiger partial charge in [0.1, 0.15) is 0 Å². The normalized spacial score (nSPS) is 23.1. The maximum atomic E-state index is 6.48. The summed E-state index contributed by atoms with van der Waals surface area (Å²) in [5.74, 6) is 2.12. The van der Waals surface area contributed by atoms with Crippen LogP contribution in [0.1, 0.15) is 51.0 Å². The molecule has 0 aromatic heterocycles. The first-order chi connectivity index (χ1) is 9.26. The predicted octanol–water partition coefficient (Wildman–Crippen LogP) is 4.75. The van der Waals surface area contributed by atoms with E-state index in [2.05, 4.69) is 12.1 Å². The van der Waals surface area contributed by atoms with Crippen LogP contribution in [0.15, 0.2) is 18.2 Å². The summed E-state index contributed by atoms with van der Waals surface area (Å²) >= 11 is 6.48. The van der Waals surface area contributed by atoms with Crippen molar-refractivity contribution in [1.29, 1.82) is 0 Å². The van der Waals surface area contributed by atoms with Crippen molar-refractivity contribution >= 4 is 11.6 Å². The Hall–Kier alpha value is -0.890. The van der Waals surface area contributed by atoms with Crippen LogP contribution in [0.25, 0.3) is 0 Å². The molecule has 2 unspecified atom stereocenters. The zero-order valence-electron chi connectivity index (χ0n) is 11.8. The van der Waals surface area contributed by atoms with Gasteiger partial charge in [-0.2, -0.15) is 0 Å². The number of halogens is 1. The van der Waals surface area contributed by atoms with Crippen LogP contribution in [0.5, 0.6) is 11.5 Å². The van der Waals surface area contributed by atoms with Crippen LogP contribution in [0.2, 0.25) is 0 Å². The van der Waals surface area contributed by atoms with E-state index in [9.17, 15) is 0 Å². The van der Waals surface area contributed by atoms with Gasteiger partial charge < -0.3 is 9.47 Å². The molecule has 1 aliphatic rings. The fraction of sp³-hybridized carbons (Fsp3) is 0.625. The number of alkyl halides is 1. The van der Waals surface area contributed by atoms with Crippen molar-refractivity contribution in [3.05, 3.63) is 23.8 Å². The SMILES string of the molecule is CCOc1ccc(C2CCCCC2Cl)cc1OCC. The first-order valence-electron chi connectivity index (χ1n) is 7.29. The second-order valence-electron chi connectivity index (χ2n) is 4.98. The molecule has 2 atom stereocenters. The van der Waals surface area contributed by atoms with Crippen molar-refractivity contribution in [2.45, 2.75) is 50.8 Å². The van der Waals surface area contributed by atoms with Gasteiger partial charge in [-0.1, -0.05) is 18.9 Å². The summed E-state index contributed by atoms with van der Waals surface area (Å²) < 4.78 is 11.3. The smallest absolute Gasteiger partial charge is 0.161 e. The third-order valence-corrected chi connectivity index (χ3v) is 4.20. The van der Waals surface area contributed by atoms with E-state index in [1.807, 2.05) is 19.9 Å². The molecule has 0 radical (unpaired) electrons. The van der Waals surface area contributed by atoms with Crippen LogP contribution >= 0.6 is 11.6 Å². The number of hydrogen-bond donors (Lipinski definition) is 0. The molecule has 2 rings (SSSR count). The summed E-state index contributed by atoms with van der Waals surface area (Å²) in [6.07, 6.45) is 4.81. The topological polar surface area (TPSA) is 18.5 Å². The minimum absolute atomic E-state index is 0.251. The largest absolute Gasteiger partial charge is 0.490 e. The average Bonchev–Trinajstić information content (AvgIpc) is 2.42. The first-order valence-corrected chi connectivity index (χ1v) is 7.73. The summed E-state index contributed by atoms with van der Waals surface area (Å²) in [4.78, 5) is 0. The molecule has 1 saturated carbocycles. The molecule has 2 nitrogen and oxygen atoms in total. The highest BCUT2D eigenvalue weighted by Crippen LogP contribution is 2.39. The second-order valence-corrected chi connectivity index (χ2v) is 5.54. The molecule has 3 heteroatoms. The molecule has 1 aromatic carbocycles. The Bertz CT molecular complexity index is 406. The molecule has 1 aromatic rings. The van der Waals surface area contributed by atoms with Crippen LogP contribution in [-0.4, -0.2) is 18.6 Å². The van der Waals surface area contributed by atoms with Crippen molar-refractivity contribution in [3.8, 4) is 11.5 Å². The van der Waals surface area contributed by atoms with Crippen LogP contribution in [-0.2, 0) is 0 Å². The summed E-state index contributed by atoms with van der Waals surface area (Å²) in [6, 6.07) is 6.26. The van der Waals surface area contributed by atoms with E-state index in [4.69, 9.17) is 21.1 Å². The molecule has 0 saturated heterocycles. The molecule has 19 heavy (non-hydrogen) atoms. The molecule has 1 fully saturated rings. The van der Waals surface area contributed by atoms with Crippen LogP contribution in [0.3, 0.4) is 0 Å². The van der Waals surface area contributed by atoms with Gasteiger partial charge in [0.15, 0.2) is 11.5 Å². The maximum Gasteiger partial charge on any atom is 0.161 e. The number of rotatable bonds is 5. The molecule has 0 N–H and O–H groups in total. The van der Waals surface area contributed by atoms with Gasteiger partial charge in [-0.15, -0.1) is 11.6 Å². The lowest BCUT2D eigenvalue weighted by Gasteiger charge is -2.28. The third kappa shape index (κ3) is 3.56. The maximum absolute atomic E-state index is 6.48. The lowest BCUT2D eigenvalue weighted by molar-refractivity contribution is 0.287. The lowest BCUT2D eigenvalue weighted by atomic mass is 9.83. The monoisotopic (exact) mass is 282 g/mol. The van der Waals surface area contributed by atoms with Crippen molar-refractivity contribution < 1.29 is 9.47 Å². The van der Waals surface area contributed by atoms with E-state index in [0.717, 1.165) is 17.9 Å². The van der Waals surface area contributed by atoms with Crippen molar-refractivity contribution in [2.24, 2.45) is 0 Å². The van der Waals surface area contributed by atoms with Crippen LogP contribution < -0.4 is 9.47 Å². The Labute approximate surface area is 121 Å². The number of benzene rings is 1. The van der Waals surface area contributed by atoms with E-state index >= 15 is 0 Å². The summed E-state index contributed by atoms with van der Waals surface area (Å²) in [6.45, 7) is 5.28. The van der Waals surface area contributed by atoms with E-state index in [0.29, 0.717) is 19.1 Å². The average molecular weight is 283 g/mol. The van der Waals surface area contributed by atoms with Crippen LogP contribution in [0, 0.1) is 0 Å². The Balaban J connectivity index is 2.23. The van der Waals surface area contributed by atoms with E-state index < -0.39 is 0 Å². The Morgan fingerprint density at radius 2 is 1.74 bits per heavy atom. The molecular weight excluding hydrogens is 260 g/mol. The van der Waals surface area contributed by atoms with Gasteiger partial charge in [-0.25, -0.2) is 0 Å². The van der Waals surface area contributed by atoms with E-state index in [1.165, 1.54) is 24.8 Å². The summed E-state index contributed by atoms with van der Waals surface area (Å²) in [5.41, 5.74) is 1.28. The molecule has 0 bridgehead atoms.